The lowest BCUT2D eigenvalue weighted by molar-refractivity contribution is -0.113. The number of anilines is 1. The van der Waals surface area contributed by atoms with Crippen molar-refractivity contribution in [2.24, 2.45) is 0 Å². The topological polar surface area (TPSA) is 111 Å². The first-order valence-electron chi connectivity index (χ1n) is 9.26. The van der Waals surface area contributed by atoms with Gasteiger partial charge in [0.1, 0.15) is 16.9 Å². The van der Waals surface area contributed by atoms with Crippen molar-refractivity contribution in [3.05, 3.63) is 65.1 Å². The van der Waals surface area contributed by atoms with Crippen molar-refractivity contribution in [1.29, 1.82) is 0 Å². The van der Waals surface area contributed by atoms with Crippen molar-refractivity contribution in [2.75, 3.05) is 25.3 Å². The van der Waals surface area contributed by atoms with Crippen LogP contribution in [-0.4, -0.2) is 45.6 Å². The van der Waals surface area contributed by atoms with E-state index >= 15 is 0 Å². The van der Waals surface area contributed by atoms with Crippen molar-refractivity contribution in [1.82, 2.24) is 19.7 Å². The van der Waals surface area contributed by atoms with Gasteiger partial charge in [0.15, 0.2) is 10.8 Å². The van der Waals surface area contributed by atoms with E-state index in [0.717, 1.165) is 11.8 Å². The molecule has 2 aromatic carbocycles. The molecule has 2 aromatic heterocycles. The Morgan fingerprint density at radius 2 is 1.84 bits per heavy atom. The molecule has 31 heavy (non-hydrogen) atoms. The summed E-state index contributed by atoms with van der Waals surface area (Å²) in [4.78, 5) is 30.1. The number of amides is 1. The van der Waals surface area contributed by atoms with Gasteiger partial charge in [-0.2, -0.15) is 5.10 Å². The average Bonchev–Trinajstić information content (AvgIpc) is 3.27. The summed E-state index contributed by atoms with van der Waals surface area (Å²) in [5.74, 6) is 0.898. The van der Waals surface area contributed by atoms with Crippen LogP contribution in [0.25, 0.3) is 16.7 Å². The quantitative estimate of drug-likeness (QED) is 0.338. The molecule has 0 fully saturated rings. The molecule has 0 atom stereocenters. The smallest absolute Gasteiger partial charge is 0.269 e. The molecule has 10 heteroatoms. The summed E-state index contributed by atoms with van der Waals surface area (Å²) in [5.41, 5.74) is 1.31. The summed E-state index contributed by atoms with van der Waals surface area (Å²) < 4.78 is 11.9. The largest absolute Gasteiger partial charge is 0.497 e. The minimum atomic E-state index is -0.265. The van der Waals surface area contributed by atoms with Gasteiger partial charge in [0.25, 0.3) is 5.56 Å². The second-order valence-electron chi connectivity index (χ2n) is 6.44. The molecule has 0 bridgehead atoms. The molecule has 0 spiro atoms. The Morgan fingerprint density at radius 3 is 2.52 bits per heavy atom. The minimum Gasteiger partial charge on any atom is -0.497 e. The molecule has 1 amide bonds. The van der Waals surface area contributed by atoms with Crippen LogP contribution in [0.5, 0.6) is 11.5 Å². The van der Waals surface area contributed by atoms with Gasteiger partial charge in [-0.1, -0.05) is 30.0 Å². The third kappa shape index (κ3) is 4.38. The van der Waals surface area contributed by atoms with Crippen LogP contribution in [0.15, 0.2) is 64.7 Å². The van der Waals surface area contributed by atoms with Crippen LogP contribution in [0.1, 0.15) is 0 Å². The molecule has 0 aliphatic heterocycles. The van der Waals surface area contributed by atoms with Crippen LogP contribution in [0.4, 0.5) is 5.69 Å². The zero-order chi connectivity index (χ0) is 21.8. The summed E-state index contributed by atoms with van der Waals surface area (Å²) in [6, 6.07) is 14.2. The number of nitrogens with zero attached hydrogens (tertiary/aromatic N) is 3. The highest BCUT2D eigenvalue weighted by atomic mass is 32.2. The molecule has 0 unspecified atom stereocenters. The van der Waals surface area contributed by atoms with Crippen molar-refractivity contribution < 1.29 is 14.3 Å². The Kier molecular flexibility index (Phi) is 5.89. The van der Waals surface area contributed by atoms with Gasteiger partial charge >= 0.3 is 0 Å². The monoisotopic (exact) mass is 437 g/mol. The SMILES string of the molecule is COc1cc(NC(=O)CSc2nc3[nH]ncc3c(=O)n2-c2ccccc2)cc(OC)c1. The van der Waals surface area contributed by atoms with Gasteiger partial charge < -0.3 is 14.8 Å². The molecule has 2 N–H and O–H groups in total. The van der Waals surface area contributed by atoms with Crippen LogP contribution >= 0.6 is 11.8 Å². The molecule has 4 aromatic rings. The molecule has 2 heterocycles. The number of para-hydroxylation sites is 1. The number of aromatic amines is 1. The maximum atomic E-state index is 13.0. The highest BCUT2D eigenvalue weighted by Gasteiger charge is 2.16. The van der Waals surface area contributed by atoms with E-state index < -0.39 is 0 Å². The predicted octanol–water partition coefficient (Wildman–Crippen LogP) is 2.86. The number of benzene rings is 2. The third-order valence-corrected chi connectivity index (χ3v) is 5.37. The standard InChI is InChI=1S/C21H19N5O4S/c1-29-15-8-13(9-16(10-15)30-2)23-18(27)12-31-21-24-19-17(11-22-25-19)20(28)26(21)14-6-4-3-5-7-14/h3-11H,12H2,1-2H3,(H,22,25)(H,23,27). The molecule has 0 saturated heterocycles. The van der Waals surface area contributed by atoms with Crippen LogP contribution < -0.4 is 20.3 Å². The number of aromatic nitrogens is 4. The Bertz CT molecular complexity index is 1260. The molecular weight excluding hydrogens is 418 g/mol. The zero-order valence-electron chi connectivity index (χ0n) is 16.8. The van der Waals surface area contributed by atoms with Crippen LogP contribution in [0.2, 0.25) is 0 Å². The lowest BCUT2D eigenvalue weighted by atomic mass is 10.2. The number of H-pyrrole nitrogens is 1. The number of hydrogen-bond donors (Lipinski definition) is 2. The Balaban J connectivity index is 1.59. The van der Waals surface area contributed by atoms with Gasteiger partial charge in [-0.25, -0.2) is 4.98 Å². The van der Waals surface area contributed by atoms with E-state index in [4.69, 9.17) is 9.47 Å². The zero-order valence-corrected chi connectivity index (χ0v) is 17.6. The maximum absolute atomic E-state index is 13.0. The lowest BCUT2D eigenvalue weighted by Gasteiger charge is -2.12. The third-order valence-electron chi connectivity index (χ3n) is 4.43. The van der Waals surface area contributed by atoms with E-state index in [-0.39, 0.29) is 17.2 Å². The van der Waals surface area contributed by atoms with Crippen molar-refractivity contribution in [3.8, 4) is 17.2 Å². The maximum Gasteiger partial charge on any atom is 0.269 e. The van der Waals surface area contributed by atoms with Gasteiger partial charge in [-0.05, 0) is 12.1 Å². The summed E-state index contributed by atoms with van der Waals surface area (Å²) >= 11 is 1.15. The number of carbonyl (C=O) groups excluding carboxylic acids is 1. The van der Waals surface area contributed by atoms with Gasteiger partial charge in [-0.15, -0.1) is 0 Å². The van der Waals surface area contributed by atoms with E-state index in [1.807, 2.05) is 30.3 Å². The first-order valence-corrected chi connectivity index (χ1v) is 10.2. The van der Waals surface area contributed by atoms with Crippen LogP contribution in [0.3, 0.4) is 0 Å². The van der Waals surface area contributed by atoms with E-state index in [9.17, 15) is 9.59 Å². The number of hydrogen-bond acceptors (Lipinski definition) is 7. The second kappa shape index (κ2) is 8.92. The van der Waals surface area contributed by atoms with Crippen molar-refractivity contribution in [3.63, 3.8) is 0 Å². The fourth-order valence-electron chi connectivity index (χ4n) is 2.98. The first-order chi connectivity index (χ1) is 15.1. The predicted molar refractivity (Wildman–Crippen MR) is 118 cm³/mol. The summed E-state index contributed by atoms with van der Waals surface area (Å²) in [6.45, 7) is 0. The number of thioether (sulfide) groups is 1. The van der Waals surface area contributed by atoms with Crippen molar-refractivity contribution >= 4 is 34.4 Å². The van der Waals surface area contributed by atoms with E-state index in [2.05, 4.69) is 20.5 Å². The molecule has 4 rings (SSSR count). The number of rotatable bonds is 7. The van der Waals surface area contributed by atoms with Gasteiger partial charge in [0.2, 0.25) is 5.91 Å². The Labute approximate surface area is 181 Å². The molecule has 0 radical (unpaired) electrons. The van der Waals surface area contributed by atoms with Gasteiger partial charge in [0.05, 0.1) is 31.9 Å². The minimum absolute atomic E-state index is 0.0401. The second-order valence-corrected chi connectivity index (χ2v) is 7.38. The van der Waals surface area contributed by atoms with E-state index in [0.29, 0.717) is 39.1 Å². The normalized spacial score (nSPS) is 10.8. The molecular formula is C21H19N5O4S. The Hall–Kier alpha value is -3.79. The fourth-order valence-corrected chi connectivity index (χ4v) is 3.79. The van der Waals surface area contributed by atoms with E-state index in [1.165, 1.54) is 25.0 Å². The number of ether oxygens (including phenoxy) is 2. The first kappa shape index (κ1) is 20.5. The van der Waals surface area contributed by atoms with Gasteiger partial charge in [-0.3, -0.25) is 19.3 Å². The summed E-state index contributed by atoms with van der Waals surface area (Å²) in [5, 5.41) is 10.2. The lowest BCUT2D eigenvalue weighted by Crippen LogP contribution is -2.22. The molecule has 158 valence electrons. The highest BCUT2D eigenvalue weighted by molar-refractivity contribution is 7.99. The molecule has 0 aliphatic carbocycles. The number of carbonyl (C=O) groups is 1. The number of nitrogens with one attached hydrogen (secondary N) is 2. The fraction of sp³-hybridized carbons (Fsp3) is 0.143. The highest BCUT2D eigenvalue weighted by Crippen LogP contribution is 2.26. The van der Waals surface area contributed by atoms with Crippen LogP contribution in [0, 0.1) is 0 Å². The molecule has 0 saturated carbocycles. The van der Waals surface area contributed by atoms with Crippen molar-refractivity contribution in [2.45, 2.75) is 5.16 Å². The van der Waals surface area contributed by atoms with Gasteiger partial charge in [0, 0.05) is 23.9 Å². The number of fused-ring (bicyclic) bond motifs is 1. The number of methoxy groups -OCH3 is 2. The molecule has 9 nitrogen and oxygen atoms in total. The summed E-state index contributed by atoms with van der Waals surface area (Å²) in [6.07, 6.45) is 1.45. The summed E-state index contributed by atoms with van der Waals surface area (Å²) in [7, 11) is 3.08. The van der Waals surface area contributed by atoms with Crippen LogP contribution in [-0.2, 0) is 4.79 Å². The average molecular weight is 437 g/mol. The molecule has 0 aliphatic rings. The van der Waals surface area contributed by atoms with E-state index in [1.54, 1.807) is 18.2 Å². The Morgan fingerprint density at radius 1 is 1.13 bits per heavy atom.